The summed E-state index contributed by atoms with van der Waals surface area (Å²) >= 11 is 0. The lowest BCUT2D eigenvalue weighted by molar-refractivity contribution is 0.0952. The fraction of sp³-hybridized carbons (Fsp3) is 0.182. The molecule has 0 bridgehead atoms. The molecule has 0 aromatic heterocycles. The number of fused-ring (bicyclic) bond motifs is 1. The number of nitrogens with one attached hydrogen (secondary N) is 1. The van der Waals surface area contributed by atoms with Gasteiger partial charge in [-0.25, -0.2) is 5.43 Å². The molecular weight excluding hydrogens is 340 g/mol. The number of phenols is 1. The molecule has 0 saturated carbocycles. The lowest BCUT2D eigenvalue weighted by Crippen LogP contribution is -2.17. The second kappa shape index (κ2) is 8.85. The Morgan fingerprint density at radius 1 is 1.11 bits per heavy atom. The molecular formula is C22H22N2O3. The summed E-state index contributed by atoms with van der Waals surface area (Å²) in [4.78, 5) is 12.3. The van der Waals surface area contributed by atoms with Crippen molar-refractivity contribution in [3.63, 3.8) is 0 Å². The summed E-state index contributed by atoms with van der Waals surface area (Å²) in [5.74, 6) is 0.273. The Morgan fingerprint density at radius 2 is 1.81 bits per heavy atom. The van der Waals surface area contributed by atoms with Gasteiger partial charge in [0.15, 0.2) is 0 Å². The van der Waals surface area contributed by atoms with Crippen LogP contribution in [0.3, 0.4) is 0 Å². The topological polar surface area (TPSA) is 70.9 Å². The lowest BCUT2D eigenvalue weighted by atomic mass is 10.1. The number of carbonyl (C=O) groups excluding carboxylic acids is 1. The van der Waals surface area contributed by atoms with E-state index in [1.165, 1.54) is 0 Å². The van der Waals surface area contributed by atoms with Crippen molar-refractivity contribution >= 4 is 22.9 Å². The zero-order valence-electron chi connectivity index (χ0n) is 15.2. The maximum absolute atomic E-state index is 12.3. The van der Waals surface area contributed by atoms with Gasteiger partial charge in [0.05, 0.1) is 18.4 Å². The van der Waals surface area contributed by atoms with Crippen LogP contribution in [0.4, 0.5) is 0 Å². The van der Waals surface area contributed by atoms with Crippen LogP contribution in [0.5, 0.6) is 11.5 Å². The van der Waals surface area contributed by atoms with Crippen molar-refractivity contribution < 1.29 is 14.6 Å². The average Bonchev–Trinajstić information content (AvgIpc) is 2.68. The van der Waals surface area contributed by atoms with Gasteiger partial charge in [0.1, 0.15) is 11.5 Å². The summed E-state index contributed by atoms with van der Waals surface area (Å²) < 4.78 is 5.61. The third-order valence-electron chi connectivity index (χ3n) is 4.14. The summed E-state index contributed by atoms with van der Waals surface area (Å²) in [7, 11) is 0. The van der Waals surface area contributed by atoms with Gasteiger partial charge in [0.2, 0.25) is 0 Å². The van der Waals surface area contributed by atoms with Gasteiger partial charge in [0, 0.05) is 0 Å². The Bertz CT molecular complexity index is 949. The number of hydrazone groups is 1. The van der Waals surface area contributed by atoms with E-state index in [4.69, 9.17) is 4.74 Å². The highest BCUT2D eigenvalue weighted by Crippen LogP contribution is 2.24. The number of hydrogen-bond acceptors (Lipinski definition) is 4. The van der Waals surface area contributed by atoms with E-state index in [0.29, 0.717) is 6.61 Å². The maximum Gasteiger partial charge on any atom is 0.275 e. The van der Waals surface area contributed by atoms with Gasteiger partial charge in [-0.3, -0.25) is 4.79 Å². The second-order valence-electron chi connectivity index (χ2n) is 6.19. The van der Waals surface area contributed by atoms with E-state index in [1.807, 2.05) is 48.5 Å². The van der Waals surface area contributed by atoms with Crippen LogP contribution >= 0.6 is 0 Å². The molecule has 3 aromatic rings. The standard InChI is InChI=1S/C22H22N2O3/c1-2-3-12-27-19-10-8-16(9-11-19)15-23-24-22(26)20-13-17-6-4-5-7-18(17)14-21(20)25/h4-11,13-15,25H,2-3,12H2,1H3,(H,24,26)/b23-15-. The van der Waals surface area contributed by atoms with E-state index in [1.54, 1.807) is 18.3 Å². The van der Waals surface area contributed by atoms with E-state index in [9.17, 15) is 9.90 Å². The lowest BCUT2D eigenvalue weighted by Gasteiger charge is -2.06. The van der Waals surface area contributed by atoms with Crippen LogP contribution in [-0.4, -0.2) is 23.8 Å². The molecule has 2 N–H and O–H groups in total. The van der Waals surface area contributed by atoms with Crippen LogP contribution in [0.15, 0.2) is 65.8 Å². The fourth-order valence-electron chi connectivity index (χ4n) is 2.62. The molecule has 5 nitrogen and oxygen atoms in total. The first kappa shape index (κ1) is 18.5. The number of unbranched alkanes of at least 4 members (excludes halogenated alkanes) is 1. The fourth-order valence-corrected chi connectivity index (χ4v) is 2.62. The minimum atomic E-state index is -0.464. The molecule has 0 aliphatic heterocycles. The number of carbonyl (C=O) groups is 1. The van der Waals surface area contributed by atoms with Gasteiger partial charge < -0.3 is 9.84 Å². The number of nitrogens with zero attached hydrogens (tertiary/aromatic N) is 1. The van der Waals surface area contributed by atoms with Crippen LogP contribution in [0.25, 0.3) is 10.8 Å². The quantitative estimate of drug-likeness (QED) is 0.370. The highest BCUT2D eigenvalue weighted by molar-refractivity contribution is 6.01. The zero-order valence-corrected chi connectivity index (χ0v) is 15.2. The summed E-state index contributed by atoms with van der Waals surface area (Å²) in [5, 5.41) is 15.8. The molecule has 0 atom stereocenters. The first-order valence-corrected chi connectivity index (χ1v) is 8.95. The molecule has 27 heavy (non-hydrogen) atoms. The Morgan fingerprint density at radius 3 is 2.52 bits per heavy atom. The Kier molecular flexibility index (Phi) is 6.05. The number of amides is 1. The van der Waals surface area contributed by atoms with Crippen LogP contribution in [0.1, 0.15) is 35.7 Å². The van der Waals surface area contributed by atoms with Gasteiger partial charge in [0.25, 0.3) is 5.91 Å². The molecule has 1 amide bonds. The number of phenolic OH excluding ortho intramolecular Hbond substituents is 1. The predicted molar refractivity (Wildman–Crippen MR) is 108 cm³/mol. The second-order valence-corrected chi connectivity index (χ2v) is 6.19. The van der Waals surface area contributed by atoms with Crippen molar-refractivity contribution in [1.82, 2.24) is 5.43 Å². The van der Waals surface area contributed by atoms with Gasteiger partial charge >= 0.3 is 0 Å². The van der Waals surface area contributed by atoms with E-state index < -0.39 is 5.91 Å². The van der Waals surface area contributed by atoms with E-state index in [-0.39, 0.29) is 11.3 Å². The predicted octanol–water partition coefficient (Wildman–Crippen LogP) is 4.49. The zero-order chi connectivity index (χ0) is 19.1. The molecule has 138 valence electrons. The summed E-state index contributed by atoms with van der Waals surface area (Å²) in [5.41, 5.74) is 3.47. The van der Waals surface area contributed by atoms with Crippen molar-refractivity contribution in [2.45, 2.75) is 19.8 Å². The van der Waals surface area contributed by atoms with E-state index in [0.717, 1.165) is 34.9 Å². The molecule has 0 fully saturated rings. The van der Waals surface area contributed by atoms with Crippen molar-refractivity contribution in [3.8, 4) is 11.5 Å². The number of benzene rings is 3. The van der Waals surface area contributed by atoms with Crippen LogP contribution < -0.4 is 10.2 Å². The highest BCUT2D eigenvalue weighted by Gasteiger charge is 2.11. The van der Waals surface area contributed by atoms with Crippen LogP contribution in [0, 0.1) is 0 Å². The van der Waals surface area contributed by atoms with Crippen molar-refractivity contribution in [1.29, 1.82) is 0 Å². The number of rotatable bonds is 7. The summed E-state index contributed by atoms with van der Waals surface area (Å²) in [6.45, 7) is 2.82. The molecule has 3 aromatic carbocycles. The molecule has 0 spiro atoms. The van der Waals surface area contributed by atoms with E-state index in [2.05, 4.69) is 17.5 Å². The Balaban J connectivity index is 1.62. The minimum absolute atomic E-state index is 0.0741. The molecule has 0 unspecified atom stereocenters. The summed E-state index contributed by atoms with van der Waals surface area (Å²) in [6.07, 6.45) is 3.67. The third kappa shape index (κ3) is 4.85. The average molecular weight is 362 g/mol. The third-order valence-corrected chi connectivity index (χ3v) is 4.14. The monoisotopic (exact) mass is 362 g/mol. The molecule has 0 radical (unpaired) electrons. The number of aromatic hydroxyl groups is 1. The van der Waals surface area contributed by atoms with Crippen molar-refractivity contribution in [2.24, 2.45) is 5.10 Å². The molecule has 0 heterocycles. The molecule has 3 rings (SSSR count). The molecule has 0 aliphatic rings. The van der Waals surface area contributed by atoms with Crippen molar-refractivity contribution in [2.75, 3.05) is 6.61 Å². The SMILES string of the molecule is CCCCOc1ccc(/C=N\NC(=O)c2cc3ccccc3cc2O)cc1. The van der Waals surface area contributed by atoms with Crippen LogP contribution in [0.2, 0.25) is 0 Å². The van der Waals surface area contributed by atoms with Gasteiger partial charge in [-0.05, 0) is 59.2 Å². The molecule has 0 saturated heterocycles. The highest BCUT2D eigenvalue weighted by atomic mass is 16.5. The first-order valence-electron chi connectivity index (χ1n) is 8.95. The summed E-state index contributed by atoms with van der Waals surface area (Å²) in [6, 6.07) is 18.2. The largest absolute Gasteiger partial charge is 0.507 e. The number of hydrogen-bond donors (Lipinski definition) is 2. The first-order chi connectivity index (χ1) is 13.2. The minimum Gasteiger partial charge on any atom is -0.507 e. The van der Waals surface area contributed by atoms with E-state index >= 15 is 0 Å². The number of ether oxygens (including phenoxy) is 1. The van der Waals surface area contributed by atoms with Gasteiger partial charge in [-0.1, -0.05) is 37.6 Å². The maximum atomic E-state index is 12.3. The normalized spacial score (nSPS) is 11.0. The van der Waals surface area contributed by atoms with Gasteiger partial charge in [-0.15, -0.1) is 0 Å². The van der Waals surface area contributed by atoms with Gasteiger partial charge in [-0.2, -0.15) is 5.10 Å². The van der Waals surface area contributed by atoms with Crippen molar-refractivity contribution in [3.05, 3.63) is 71.8 Å². The molecule has 0 aliphatic carbocycles. The molecule has 5 heteroatoms. The Hall–Kier alpha value is -3.34. The smallest absolute Gasteiger partial charge is 0.275 e. The van der Waals surface area contributed by atoms with Crippen LogP contribution in [-0.2, 0) is 0 Å². The Labute approximate surface area is 158 Å².